The molecule has 0 bridgehead atoms. The van der Waals surface area contributed by atoms with Crippen LogP contribution in [0.3, 0.4) is 0 Å². The van der Waals surface area contributed by atoms with Gasteiger partial charge in [-0.3, -0.25) is 10.00 Å². The van der Waals surface area contributed by atoms with Gasteiger partial charge in [-0.15, -0.1) is 11.8 Å². The maximum Gasteiger partial charge on any atom is 0.155 e. The minimum atomic E-state index is -0.275. The monoisotopic (exact) mass is 370 g/mol. The number of hydrogen-bond donors (Lipinski definition) is 3. The minimum absolute atomic E-state index is 0.275. The molecule has 26 heavy (non-hydrogen) atoms. The molecule has 4 rings (SSSR count). The molecule has 1 saturated heterocycles. The van der Waals surface area contributed by atoms with Gasteiger partial charge in [-0.25, -0.2) is 9.97 Å². The van der Waals surface area contributed by atoms with Crippen LogP contribution in [0.15, 0.2) is 41.6 Å². The van der Waals surface area contributed by atoms with Crippen LogP contribution in [0.2, 0.25) is 0 Å². The number of thioether (sulfide) groups is 1. The van der Waals surface area contributed by atoms with Gasteiger partial charge in [-0.2, -0.15) is 5.10 Å². The smallest absolute Gasteiger partial charge is 0.155 e. The molecule has 1 fully saturated rings. The van der Waals surface area contributed by atoms with Gasteiger partial charge >= 0.3 is 0 Å². The van der Waals surface area contributed by atoms with Crippen LogP contribution in [0.25, 0.3) is 11.0 Å². The number of nitrogen functional groups attached to an aromatic ring is 1. The number of nitrogens with zero attached hydrogens (tertiary/aromatic N) is 4. The Kier molecular flexibility index (Phi) is 5.05. The first kappa shape index (κ1) is 17.3. The van der Waals surface area contributed by atoms with Crippen LogP contribution < -0.4 is 5.73 Å². The van der Waals surface area contributed by atoms with Gasteiger partial charge in [0.2, 0.25) is 0 Å². The summed E-state index contributed by atoms with van der Waals surface area (Å²) < 4.78 is 0. The summed E-state index contributed by atoms with van der Waals surface area (Å²) in [4.78, 5) is 11.8. The summed E-state index contributed by atoms with van der Waals surface area (Å²) in [7, 11) is 0. The summed E-state index contributed by atoms with van der Waals surface area (Å²) >= 11 is 1.81. The van der Waals surface area contributed by atoms with Crippen LogP contribution in [-0.2, 0) is 6.42 Å². The Balaban J connectivity index is 1.32. The molecule has 8 heteroatoms. The maximum absolute atomic E-state index is 10.4. The van der Waals surface area contributed by atoms with Crippen molar-refractivity contribution in [2.75, 3.05) is 31.1 Å². The van der Waals surface area contributed by atoms with Crippen LogP contribution in [0, 0.1) is 5.92 Å². The Hall–Kier alpha value is -2.16. The summed E-state index contributed by atoms with van der Waals surface area (Å²) in [6, 6.07) is 10.3. The van der Waals surface area contributed by atoms with Gasteiger partial charge in [-0.05, 0) is 12.1 Å². The van der Waals surface area contributed by atoms with E-state index in [1.165, 1.54) is 11.2 Å². The van der Waals surface area contributed by atoms with Gasteiger partial charge in [0.15, 0.2) is 11.3 Å². The molecular weight excluding hydrogens is 348 g/mol. The second-order valence-corrected chi connectivity index (χ2v) is 7.71. The average molecular weight is 370 g/mol. The Morgan fingerprint density at radius 2 is 2.04 bits per heavy atom. The second-order valence-electron chi connectivity index (χ2n) is 6.62. The lowest BCUT2D eigenvalue weighted by atomic mass is 10.1. The molecule has 0 aliphatic carbocycles. The number of benzene rings is 1. The molecule has 3 heterocycles. The highest BCUT2D eigenvalue weighted by Crippen LogP contribution is 2.26. The average Bonchev–Trinajstić information content (AvgIpc) is 3.23. The van der Waals surface area contributed by atoms with E-state index in [0.29, 0.717) is 17.9 Å². The lowest BCUT2D eigenvalue weighted by Crippen LogP contribution is -2.24. The molecule has 0 radical (unpaired) electrons. The third kappa shape index (κ3) is 3.67. The molecule has 4 N–H and O–H groups in total. The van der Waals surface area contributed by atoms with E-state index < -0.39 is 0 Å². The number of nitrogens with two attached hydrogens (primary N) is 1. The number of fused-ring (bicyclic) bond motifs is 1. The predicted octanol–water partition coefficient (Wildman–Crippen LogP) is 1.56. The summed E-state index contributed by atoms with van der Waals surface area (Å²) in [5.74, 6) is 1.61. The molecule has 136 valence electrons. The van der Waals surface area contributed by atoms with Crippen molar-refractivity contribution >= 4 is 28.6 Å². The second kappa shape index (κ2) is 7.61. The van der Waals surface area contributed by atoms with E-state index in [2.05, 4.69) is 37.2 Å². The van der Waals surface area contributed by atoms with Crippen LogP contribution in [0.5, 0.6) is 0 Å². The van der Waals surface area contributed by atoms with Gasteiger partial charge in [0, 0.05) is 42.6 Å². The van der Waals surface area contributed by atoms with Crippen LogP contribution >= 0.6 is 11.8 Å². The lowest BCUT2D eigenvalue weighted by molar-refractivity contribution is 0.150. The molecule has 1 aromatic carbocycles. The number of aliphatic hydroxyl groups excluding tert-OH is 1. The zero-order valence-electron chi connectivity index (χ0n) is 14.4. The number of rotatable bonds is 6. The maximum atomic E-state index is 10.4. The van der Waals surface area contributed by atoms with Gasteiger partial charge in [0.25, 0.3) is 0 Å². The molecule has 0 unspecified atom stereocenters. The Morgan fingerprint density at radius 3 is 2.88 bits per heavy atom. The summed E-state index contributed by atoms with van der Waals surface area (Å²) in [5.41, 5.74) is 8.20. The predicted molar refractivity (Wildman–Crippen MR) is 103 cm³/mol. The highest BCUT2D eigenvalue weighted by Gasteiger charge is 2.31. The van der Waals surface area contributed by atoms with Crippen LogP contribution in [0.1, 0.15) is 5.69 Å². The Bertz CT molecular complexity index is 871. The highest BCUT2D eigenvalue weighted by atomic mass is 32.2. The fourth-order valence-corrected chi connectivity index (χ4v) is 4.44. The largest absolute Gasteiger partial charge is 0.391 e. The molecule has 2 aromatic heterocycles. The fraction of sp³-hybridized carbons (Fsp3) is 0.389. The molecule has 0 spiro atoms. The molecule has 1 aliphatic heterocycles. The van der Waals surface area contributed by atoms with Crippen molar-refractivity contribution in [1.82, 2.24) is 25.1 Å². The van der Waals surface area contributed by atoms with Gasteiger partial charge < -0.3 is 10.8 Å². The van der Waals surface area contributed by atoms with Crippen molar-refractivity contribution in [3.05, 3.63) is 42.4 Å². The first-order valence-electron chi connectivity index (χ1n) is 8.72. The number of β-amino-alcohol motifs (C(OH)–C–C–N with tert-alkyl or cyclic N) is 1. The number of nitrogens with one attached hydrogen (secondary N) is 1. The summed E-state index contributed by atoms with van der Waals surface area (Å²) in [5, 5.41) is 17.6. The number of hydrogen-bond acceptors (Lipinski definition) is 7. The first-order chi connectivity index (χ1) is 12.7. The van der Waals surface area contributed by atoms with E-state index >= 15 is 0 Å². The van der Waals surface area contributed by atoms with Gasteiger partial charge in [-0.1, -0.05) is 18.2 Å². The molecule has 1 aliphatic rings. The van der Waals surface area contributed by atoms with E-state index in [9.17, 15) is 5.11 Å². The zero-order valence-corrected chi connectivity index (χ0v) is 15.2. The van der Waals surface area contributed by atoms with Crippen molar-refractivity contribution in [2.24, 2.45) is 5.92 Å². The summed E-state index contributed by atoms with van der Waals surface area (Å²) in [6.45, 7) is 2.47. The molecular formula is C18H22N6OS. The number of likely N-dealkylation sites (tertiary alicyclic amines) is 1. The van der Waals surface area contributed by atoms with Crippen molar-refractivity contribution < 1.29 is 5.11 Å². The van der Waals surface area contributed by atoms with Gasteiger partial charge in [0.05, 0.1) is 11.8 Å². The minimum Gasteiger partial charge on any atom is -0.391 e. The van der Waals surface area contributed by atoms with Crippen molar-refractivity contribution in [1.29, 1.82) is 0 Å². The third-order valence-electron chi connectivity index (χ3n) is 4.81. The van der Waals surface area contributed by atoms with Crippen molar-refractivity contribution in [3.8, 4) is 0 Å². The van der Waals surface area contributed by atoms with Crippen molar-refractivity contribution in [3.63, 3.8) is 0 Å². The number of aromatic amines is 1. The standard InChI is InChI=1S/C18H22N6OS/c19-18-17-16(20-11-21-18)14(22-23-17)6-7-24-8-12(15(25)9-24)10-26-13-4-2-1-3-5-13/h1-5,11-12,15,25H,6-10H2,(H,22,23)(H2,19,20,21)/t12-,15+/m1/s1. The van der Waals surface area contributed by atoms with Crippen LogP contribution in [0.4, 0.5) is 5.82 Å². The van der Waals surface area contributed by atoms with E-state index in [4.69, 9.17) is 5.73 Å². The number of H-pyrrole nitrogens is 1. The normalized spacial score (nSPS) is 20.8. The SMILES string of the molecule is Nc1ncnc2c(CCN3C[C@H](CSc4ccccc4)[C@@H](O)C3)[nH]nc12. The molecule has 2 atom stereocenters. The van der Waals surface area contributed by atoms with Gasteiger partial charge in [0.1, 0.15) is 11.8 Å². The number of aliphatic hydroxyl groups is 1. The third-order valence-corrected chi connectivity index (χ3v) is 6.01. The molecule has 0 saturated carbocycles. The fourth-order valence-electron chi connectivity index (χ4n) is 3.35. The van der Waals surface area contributed by atoms with E-state index in [1.807, 2.05) is 30.0 Å². The first-order valence-corrected chi connectivity index (χ1v) is 9.71. The molecule has 7 nitrogen and oxygen atoms in total. The van der Waals surface area contributed by atoms with E-state index in [-0.39, 0.29) is 12.0 Å². The van der Waals surface area contributed by atoms with Crippen molar-refractivity contribution in [2.45, 2.75) is 17.4 Å². The quantitative estimate of drug-likeness (QED) is 0.566. The number of aromatic nitrogens is 4. The highest BCUT2D eigenvalue weighted by molar-refractivity contribution is 7.99. The lowest BCUT2D eigenvalue weighted by Gasteiger charge is -2.15. The Labute approximate surface area is 156 Å². The number of anilines is 1. The Morgan fingerprint density at radius 1 is 1.19 bits per heavy atom. The molecule has 0 amide bonds. The van der Waals surface area contributed by atoms with E-state index in [0.717, 1.165) is 36.5 Å². The summed E-state index contributed by atoms with van der Waals surface area (Å²) in [6.07, 6.45) is 1.98. The van der Waals surface area contributed by atoms with E-state index in [1.54, 1.807) is 0 Å². The molecule has 3 aromatic rings. The van der Waals surface area contributed by atoms with Crippen LogP contribution in [-0.4, -0.2) is 61.7 Å². The topological polar surface area (TPSA) is 104 Å². The zero-order chi connectivity index (χ0) is 17.9.